The van der Waals surface area contributed by atoms with Gasteiger partial charge in [-0.3, -0.25) is 9.59 Å². The number of nitrogens with two attached hydrogens (primary N) is 1. The summed E-state index contributed by atoms with van der Waals surface area (Å²) in [7, 11) is 0. The molecule has 0 aliphatic heterocycles. The number of anilines is 1. The predicted octanol–water partition coefficient (Wildman–Crippen LogP) is 1.18. The van der Waals surface area contributed by atoms with Crippen LogP contribution in [0.4, 0.5) is 5.13 Å². The normalized spacial score (nSPS) is 13.1. The molecule has 0 bridgehead atoms. The fraction of sp³-hybridized carbons (Fsp3) is 0.545. The van der Waals surface area contributed by atoms with E-state index in [1.807, 2.05) is 26.2 Å². The van der Waals surface area contributed by atoms with Gasteiger partial charge in [0.2, 0.25) is 5.91 Å². The standard InChI is InChI=1S/C11H17N3O3S/c1-11(2,3)7-5-18-10(13-7)14-9(17)6(12)4-8(15)16/h5-6H,4,12H2,1-3H3,(H,15,16)(H,13,14,17). The molecular weight excluding hydrogens is 254 g/mol. The topological polar surface area (TPSA) is 105 Å². The van der Waals surface area contributed by atoms with E-state index in [1.165, 1.54) is 11.3 Å². The van der Waals surface area contributed by atoms with Gasteiger partial charge in [-0.05, 0) is 0 Å². The summed E-state index contributed by atoms with van der Waals surface area (Å²) in [6.45, 7) is 6.05. The molecule has 1 amide bonds. The number of amides is 1. The molecule has 18 heavy (non-hydrogen) atoms. The Bertz CT molecular complexity index is 451. The maximum absolute atomic E-state index is 11.6. The van der Waals surface area contributed by atoms with Crippen molar-refractivity contribution in [1.82, 2.24) is 4.98 Å². The number of nitrogens with zero attached hydrogens (tertiary/aromatic N) is 1. The third-order valence-electron chi connectivity index (χ3n) is 2.23. The molecular formula is C11H17N3O3S. The Balaban J connectivity index is 2.65. The van der Waals surface area contributed by atoms with E-state index < -0.39 is 24.3 Å². The number of nitrogens with one attached hydrogen (secondary N) is 1. The molecule has 0 saturated carbocycles. The van der Waals surface area contributed by atoms with Crippen molar-refractivity contribution in [2.24, 2.45) is 5.73 Å². The summed E-state index contributed by atoms with van der Waals surface area (Å²) in [5, 5.41) is 13.4. The number of aromatic nitrogens is 1. The SMILES string of the molecule is CC(C)(C)c1csc(NC(=O)C(N)CC(=O)O)n1. The fourth-order valence-corrected chi connectivity index (χ4v) is 2.09. The Morgan fingerprint density at radius 2 is 2.17 bits per heavy atom. The van der Waals surface area contributed by atoms with Gasteiger partial charge < -0.3 is 16.2 Å². The van der Waals surface area contributed by atoms with Crippen molar-refractivity contribution < 1.29 is 14.7 Å². The highest BCUT2D eigenvalue weighted by atomic mass is 32.1. The van der Waals surface area contributed by atoms with Crippen molar-refractivity contribution >= 4 is 28.3 Å². The number of hydrogen-bond acceptors (Lipinski definition) is 5. The summed E-state index contributed by atoms with van der Waals surface area (Å²) < 4.78 is 0. The van der Waals surface area contributed by atoms with E-state index in [2.05, 4.69) is 10.3 Å². The van der Waals surface area contributed by atoms with Gasteiger partial charge in [0.1, 0.15) is 0 Å². The zero-order valence-corrected chi connectivity index (χ0v) is 11.4. The van der Waals surface area contributed by atoms with Gasteiger partial charge in [-0.25, -0.2) is 4.98 Å². The van der Waals surface area contributed by atoms with Gasteiger partial charge in [-0.2, -0.15) is 0 Å². The summed E-state index contributed by atoms with van der Waals surface area (Å²) in [6.07, 6.45) is -0.399. The van der Waals surface area contributed by atoms with Crippen LogP contribution in [-0.4, -0.2) is 28.0 Å². The first kappa shape index (κ1) is 14.6. The van der Waals surface area contributed by atoms with E-state index >= 15 is 0 Å². The summed E-state index contributed by atoms with van der Waals surface area (Å²) >= 11 is 1.29. The van der Waals surface area contributed by atoms with Gasteiger partial charge >= 0.3 is 5.97 Å². The first-order valence-electron chi connectivity index (χ1n) is 5.44. The number of thiazole rings is 1. The molecule has 0 saturated heterocycles. The van der Waals surface area contributed by atoms with Crippen LogP contribution in [0, 0.1) is 0 Å². The number of aliphatic carboxylic acids is 1. The maximum atomic E-state index is 11.6. The van der Waals surface area contributed by atoms with Crippen LogP contribution in [0.15, 0.2) is 5.38 Å². The van der Waals surface area contributed by atoms with Crippen molar-refractivity contribution in [2.75, 3.05) is 5.32 Å². The second-order valence-corrected chi connectivity index (χ2v) is 5.84. The number of carboxylic acids is 1. The highest BCUT2D eigenvalue weighted by molar-refractivity contribution is 7.13. The molecule has 7 heteroatoms. The number of rotatable bonds is 4. The second kappa shape index (κ2) is 5.45. The minimum atomic E-state index is -1.10. The number of hydrogen-bond donors (Lipinski definition) is 3. The molecule has 0 spiro atoms. The van der Waals surface area contributed by atoms with Gasteiger partial charge in [-0.15, -0.1) is 11.3 Å². The van der Waals surface area contributed by atoms with Crippen LogP contribution in [0.2, 0.25) is 0 Å². The summed E-state index contributed by atoms with van der Waals surface area (Å²) in [5.41, 5.74) is 6.22. The molecule has 1 rings (SSSR count). The van der Waals surface area contributed by atoms with Crippen LogP contribution in [0.25, 0.3) is 0 Å². The van der Waals surface area contributed by atoms with Crippen LogP contribution in [0.1, 0.15) is 32.9 Å². The first-order chi connectivity index (χ1) is 8.20. The van der Waals surface area contributed by atoms with Crippen molar-refractivity contribution in [2.45, 2.75) is 38.6 Å². The van der Waals surface area contributed by atoms with E-state index in [9.17, 15) is 9.59 Å². The Kier molecular flexibility index (Phi) is 4.42. The Morgan fingerprint density at radius 1 is 1.56 bits per heavy atom. The predicted molar refractivity (Wildman–Crippen MR) is 69.7 cm³/mol. The average molecular weight is 271 g/mol. The molecule has 100 valence electrons. The van der Waals surface area contributed by atoms with E-state index in [0.717, 1.165) is 5.69 Å². The van der Waals surface area contributed by atoms with Crippen LogP contribution in [0.3, 0.4) is 0 Å². The van der Waals surface area contributed by atoms with Crippen LogP contribution in [-0.2, 0) is 15.0 Å². The van der Waals surface area contributed by atoms with Crippen LogP contribution < -0.4 is 11.1 Å². The quantitative estimate of drug-likeness (QED) is 0.762. The first-order valence-corrected chi connectivity index (χ1v) is 6.32. The number of carboxylic acid groups (broad SMARTS) is 1. The molecule has 1 atom stereocenters. The molecule has 0 radical (unpaired) electrons. The van der Waals surface area contributed by atoms with Crippen LogP contribution >= 0.6 is 11.3 Å². The van der Waals surface area contributed by atoms with Crippen molar-refractivity contribution in [3.63, 3.8) is 0 Å². The van der Waals surface area contributed by atoms with E-state index in [1.54, 1.807) is 0 Å². The summed E-state index contributed by atoms with van der Waals surface area (Å²) in [5.74, 6) is -1.64. The number of carbonyl (C=O) groups excluding carboxylic acids is 1. The Hall–Kier alpha value is -1.47. The van der Waals surface area contributed by atoms with Gasteiger partial charge in [0.15, 0.2) is 5.13 Å². The van der Waals surface area contributed by atoms with Gasteiger partial charge in [-0.1, -0.05) is 20.8 Å². The lowest BCUT2D eigenvalue weighted by molar-refractivity contribution is -0.138. The lowest BCUT2D eigenvalue weighted by atomic mass is 9.93. The average Bonchev–Trinajstić information content (AvgIpc) is 2.64. The summed E-state index contributed by atoms with van der Waals surface area (Å²) in [4.78, 5) is 26.3. The molecule has 1 aromatic heterocycles. The van der Waals surface area contributed by atoms with E-state index in [-0.39, 0.29) is 5.41 Å². The van der Waals surface area contributed by atoms with Crippen molar-refractivity contribution in [3.05, 3.63) is 11.1 Å². The largest absolute Gasteiger partial charge is 0.481 e. The smallest absolute Gasteiger partial charge is 0.305 e. The molecule has 0 fully saturated rings. The lowest BCUT2D eigenvalue weighted by Gasteiger charge is -2.14. The monoisotopic (exact) mass is 271 g/mol. The van der Waals surface area contributed by atoms with Gasteiger partial charge in [0, 0.05) is 10.8 Å². The molecule has 6 nitrogen and oxygen atoms in total. The lowest BCUT2D eigenvalue weighted by Crippen LogP contribution is -2.37. The van der Waals surface area contributed by atoms with Crippen LogP contribution in [0.5, 0.6) is 0 Å². The van der Waals surface area contributed by atoms with E-state index in [0.29, 0.717) is 5.13 Å². The highest BCUT2D eigenvalue weighted by Crippen LogP contribution is 2.26. The second-order valence-electron chi connectivity index (χ2n) is 4.98. The zero-order chi connectivity index (χ0) is 13.9. The molecule has 4 N–H and O–H groups in total. The molecule has 0 aliphatic carbocycles. The molecule has 0 aromatic carbocycles. The molecule has 1 aromatic rings. The zero-order valence-electron chi connectivity index (χ0n) is 10.6. The number of carbonyl (C=O) groups is 2. The minimum absolute atomic E-state index is 0.0946. The maximum Gasteiger partial charge on any atom is 0.305 e. The third-order valence-corrected chi connectivity index (χ3v) is 2.99. The summed E-state index contributed by atoms with van der Waals surface area (Å²) in [6, 6.07) is -1.07. The van der Waals surface area contributed by atoms with E-state index in [4.69, 9.17) is 10.8 Å². The van der Waals surface area contributed by atoms with Crippen molar-refractivity contribution in [1.29, 1.82) is 0 Å². The molecule has 1 unspecified atom stereocenters. The Labute approximate surface area is 109 Å². The van der Waals surface area contributed by atoms with Gasteiger partial charge in [0.25, 0.3) is 0 Å². The third kappa shape index (κ3) is 4.08. The fourth-order valence-electron chi connectivity index (χ4n) is 1.15. The Morgan fingerprint density at radius 3 is 2.61 bits per heavy atom. The van der Waals surface area contributed by atoms with Gasteiger partial charge in [0.05, 0.1) is 18.2 Å². The minimum Gasteiger partial charge on any atom is -0.481 e. The van der Waals surface area contributed by atoms with Crippen molar-refractivity contribution in [3.8, 4) is 0 Å². The molecule has 0 aliphatic rings. The molecule has 1 heterocycles. The highest BCUT2D eigenvalue weighted by Gasteiger charge is 2.21.